The number of likely N-dealkylation sites (N-methyl/N-ethyl adjacent to an activating group) is 1. The zero-order chi connectivity index (χ0) is 21.0. The first kappa shape index (κ1) is 21.1. The van der Waals surface area contributed by atoms with Crippen LogP contribution in [-0.2, 0) is 16.4 Å². The van der Waals surface area contributed by atoms with Gasteiger partial charge in [0, 0.05) is 49.5 Å². The van der Waals surface area contributed by atoms with Gasteiger partial charge in [-0.25, -0.2) is 31.5 Å². The number of sulfonamides is 1. The summed E-state index contributed by atoms with van der Waals surface area (Å²) in [6, 6.07) is 3.27. The van der Waals surface area contributed by atoms with Gasteiger partial charge < -0.3 is 0 Å². The Morgan fingerprint density at radius 2 is 1.93 bits per heavy atom. The van der Waals surface area contributed by atoms with E-state index in [0.717, 1.165) is 18.4 Å². The van der Waals surface area contributed by atoms with E-state index in [9.17, 15) is 17.2 Å². The molecule has 0 saturated carbocycles. The van der Waals surface area contributed by atoms with Crippen LogP contribution in [0.3, 0.4) is 0 Å². The highest BCUT2D eigenvalue weighted by molar-refractivity contribution is 7.88. The number of rotatable bonds is 8. The molecule has 8 nitrogen and oxygen atoms in total. The summed E-state index contributed by atoms with van der Waals surface area (Å²) in [4.78, 5) is 8.58. The topological polar surface area (TPSA) is 100 Å². The molecule has 0 saturated heterocycles. The first-order valence-corrected chi connectivity index (χ1v) is 10.8. The van der Waals surface area contributed by atoms with Gasteiger partial charge in [-0.15, -0.1) is 5.10 Å². The Morgan fingerprint density at radius 3 is 2.48 bits per heavy atom. The van der Waals surface area contributed by atoms with Crippen molar-refractivity contribution in [1.82, 2.24) is 14.3 Å². The van der Waals surface area contributed by atoms with Crippen LogP contribution in [0.5, 0.6) is 0 Å². The molecule has 1 atom stereocenters. The minimum atomic E-state index is -3.49. The predicted molar refractivity (Wildman–Crippen MR) is 103 cm³/mol. The van der Waals surface area contributed by atoms with Crippen LogP contribution in [-0.4, -0.2) is 54.3 Å². The van der Waals surface area contributed by atoms with Gasteiger partial charge in [0.15, 0.2) is 0 Å². The number of benzene rings is 1. The zero-order valence-corrected chi connectivity index (χ0v) is 16.8. The molecule has 29 heavy (non-hydrogen) atoms. The molecule has 0 aliphatic carbocycles. The van der Waals surface area contributed by atoms with Gasteiger partial charge in [-0.05, 0) is 16.9 Å². The van der Waals surface area contributed by atoms with Crippen molar-refractivity contribution in [2.75, 3.05) is 25.9 Å². The van der Waals surface area contributed by atoms with Gasteiger partial charge in [0.2, 0.25) is 10.0 Å². The van der Waals surface area contributed by atoms with Crippen molar-refractivity contribution in [3.05, 3.63) is 59.2 Å². The maximum Gasteiger partial charge on any atom is 0.211 e. The van der Waals surface area contributed by atoms with Crippen molar-refractivity contribution in [3.8, 4) is 0 Å². The fraction of sp³-hybridized carbons (Fsp3) is 0.389. The molecule has 0 spiro atoms. The van der Waals surface area contributed by atoms with E-state index in [1.807, 2.05) is 0 Å². The van der Waals surface area contributed by atoms with E-state index in [0.29, 0.717) is 23.6 Å². The second-order valence-corrected chi connectivity index (χ2v) is 8.59. The first-order valence-electron chi connectivity index (χ1n) is 8.92. The third-order valence-corrected chi connectivity index (χ3v) is 5.91. The van der Waals surface area contributed by atoms with Crippen molar-refractivity contribution >= 4 is 15.7 Å². The fourth-order valence-electron chi connectivity index (χ4n) is 3.04. The smallest absolute Gasteiger partial charge is 0.211 e. The molecule has 1 unspecified atom stereocenters. The summed E-state index contributed by atoms with van der Waals surface area (Å²) in [6.07, 6.45) is 4.42. The van der Waals surface area contributed by atoms with Gasteiger partial charge in [-0.2, -0.15) is 5.11 Å². The van der Waals surface area contributed by atoms with Crippen molar-refractivity contribution in [2.24, 2.45) is 15.4 Å². The summed E-state index contributed by atoms with van der Waals surface area (Å²) in [6.45, 7) is 2.30. The van der Waals surface area contributed by atoms with Crippen LogP contribution < -0.4 is 0 Å². The van der Waals surface area contributed by atoms with Crippen LogP contribution in [0, 0.1) is 11.6 Å². The second-order valence-electron chi connectivity index (χ2n) is 6.60. The molecule has 0 radical (unpaired) electrons. The fourth-order valence-corrected chi connectivity index (χ4v) is 3.96. The third kappa shape index (κ3) is 5.24. The molecule has 2 aromatic rings. The molecular formula is C18H20F2N6O2S. The van der Waals surface area contributed by atoms with Crippen molar-refractivity contribution in [3.63, 3.8) is 0 Å². The van der Waals surface area contributed by atoms with Gasteiger partial charge in [0.25, 0.3) is 0 Å². The molecule has 0 amide bonds. The van der Waals surface area contributed by atoms with Crippen LogP contribution in [0.25, 0.3) is 0 Å². The lowest BCUT2D eigenvalue weighted by molar-refractivity contribution is 0.391. The molecule has 0 fully saturated rings. The van der Waals surface area contributed by atoms with Crippen molar-refractivity contribution in [1.29, 1.82) is 0 Å². The van der Waals surface area contributed by atoms with E-state index in [-0.39, 0.29) is 25.1 Å². The zero-order valence-electron chi connectivity index (χ0n) is 16.0. The van der Waals surface area contributed by atoms with E-state index < -0.39 is 27.6 Å². The number of halogens is 2. The summed E-state index contributed by atoms with van der Waals surface area (Å²) < 4.78 is 53.1. The summed E-state index contributed by atoms with van der Waals surface area (Å²) >= 11 is 0. The Labute approximate surface area is 167 Å². The Hall–Kier alpha value is -2.66. The normalized spacial score (nSPS) is 15.0. The Morgan fingerprint density at radius 1 is 1.21 bits per heavy atom. The number of hydrogen-bond donors (Lipinski definition) is 0. The van der Waals surface area contributed by atoms with E-state index in [1.54, 1.807) is 19.3 Å². The van der Waals surface area contributed by atoms with Gasteiger partial charge in [0.1, 0.15) is 24.0 Å². The van der Waals surface area contributed by atoms with E-state index in [2.05, 4.69) is 25.4 Å². The van der Waals surface area contributed by atoms with Gasteiger partial charge >= 0.3 is 0 Å². The SMILES string of the molecule is CCN(CC(Cc1ncc(C2=NN=NC2)cn1)c1ccc(F)cc1F)S(C)(=O)=O. The standard InChI is InChI=1S/C18H20F2N6O2S/c1-3-26(29(2,27)28)11-12(15-5-4-14(19)7-16(15)20)6-18-21-8-13(9-22-18)17-10-23-25-24-17/h4-5,7-9,12H,3,6,10-11H2,1-2H3. The monoisotopic (exact) mass is 422 g/mol. The molecule has 1 aliphatic rings. The number of hydrogen-bond acceptors (Lipinski definition) is 7. The average Bonchev–Trinajstić information content (AvgIpc) is 3.19. The molecule has 11 heteroatoms. The van der Waals surface area contributed by atoms with Gasteiger partial charge in [-0.1, -0.05) is 13.0 Å². The van der Waals surface area contributed by atoms with E-state index in [1.165, 1.54) is 10.4 Å². The Bertz CT molecular complexity index is 1040. The maximum atomic E-state index is 14.4. The summed E-state index contributed by atoms with van der Waals surface area (Å²) in [5.41, 5.74) is 1.53. The molecule has 2 heterocycles. The Kier molecular flexibility index (Phi) is 6.38. The third-order valence-electron chi connectivity index (χ3n) is 4.56. The van der Waals surface area contributed by atoms with Gasteiger partial charge in [-0.3, -0.25) is 0 Å². The molecule has 1 aromatic heterocycles. The van der Waals surface area contributed by atoms with Crippen LogP contribution in [0.15, 0.2) is 46.0 Å². The molecule has 1 aromatic carbocycles. The van der Waals surface area contributed by atoms with Gasteiger partial charge in [0.05, 0.1) is 12.0 Å². The highest BCUT2D eigenvalue weighted by Crippen LogP contribution is 2.25. The van der Waals surface area contributed by atoms with Crippen LogP contribution in [0.1, 0.15) is 29.8 Å². The first-order chi connectivity index (χ1) is 13.8. The highest BCUT2D eigenvalue weighted by atomic mass is 32.2. The molecule has 154 valence electrons. The summed E-state index contributed by atoms with van der Waals surface area (Å²) in [5.74, 6) is -1.63. The van der Waals surface area contributed by atoms with Crippen molar-refractivity contribution < 1.29 is 17.2 Å². The second kappa shape index (κ2) is 8.78. The molecular weight excluding hydrogens is 402 g/mol. The number of aromatic nitrogens is 2. The highest BCUT2D eigenvalue weighted by Gasteiger charge is 2.25. The number of nitrogens with zero attached hydrogens (tertiary/aromatic N) is 6. The van der Waals surface area contributed by atoms with Crippen LogP contribution in [0.4, 0.5) is 8.78 Å². The van der Waals surface area contributed by atoms with Crippen LogP contribution in [0.2, 0.25) is 0 Å². The summed E-state index contributed by atoms with van der Waals surface area (Å²) in [7, 11) is -3.49. The van der Waals surface area contributed by atoms with E-state index >= 15 is 0 Å². The Balaban J connectivity index is 1.88. The largest absolute Gasteiger partial charge is 0.241 e. The van der Waals surface area contributed by atoms with Crippen LogP contribution >= 0.6 is 0 Å². The molecule has 0 bridgehead atoms. The minimum Gasteiger partial charge on any atom is -0.241 e. The molecule has 1 aliphatic heterocycles. The molecule has 3 rings (SSSR count). The average molecular weight is 422 g/mol. The lowest BCUT2D eigenvalue weighted by Crippen LogP contribution is -2.34. The van der Waals surface area contributed by atoms with Crippen molar-refractivity contribution in [2.45, 2.75) is 19.3 Å². The lowest BCUT2D eigenvalue weighted by Gasteiger charge is -2.25. The maximum absolute atomic E-state index is 14.4. The molecule has 0 N–H and O–H groups in total. The van der Waals surface area contributed by atoms with E-state index in [4.69, 9.17) is 0 Å². The predicted octanol–water partition coefficient (Wildman–Crippen LogP) is 2.53. The quantitative estimate of drug-likeness (QED) is 0.652. The summed E-state index contributed by atoms with van der Waals surface area (Å²) in [5, 5.41) is 11.2. The minimum absolute atomic E-state index is 0.0213. The lowest BCUT2D eigenvalue weighted by atomic mass is 9.94.